The Hall–Kier alpha value is -3.32. The van der Waals surface area contributed by atoms with Gasteiger partial charge in [0.2, 0.25) is 0 Å². The molecule has 174 valence electrons. The summed E-state index contributed by atoms with van der Waals surface area (Å²) in [5.74, 6) is 0.886. The molecule has 2 aromatic carbocycles. The van der Waals surface area contributed by atoms with Gasteiger partial charge < -0.3 is 9.80 Å². The van der Waals surface area contributed by atoms with Gasteiger partial charge in [0.25, 0.3) is 0 Å². The second kappa shape index (κ2) is 7.87. The topological polar surface area (TPSA) is 43.2 Å². The predicted octanol–water partition coefficient (Wildman–Crippen LogP) is 7.54. The van der Waals surface area contributed by atoms with Crippen LogP contribution in [0.15, 0.2) is 54.6 Å². The van der Waals surface area contributed by atoms with E-state index in [-0.39, 0.29) is 17.0 Å². The summed E-state index contributed by atoms with van der Waals surface area (Å²) in [5.41, 5.74) is 8.12. The average molecular weight is 451 g/mol. The fraction of sp³-hybridized carbons (Fsp3) is 0.400. The molecule has 0 fully saturated rings. The van der Waals surface area contributed by atoms with E-state index in [2.05, 4.69) is 106 Å². The molecule has 0 amide bonds. The minimum Gasteiger partial charge on any atom is -0.316 e. The number of rotatable bonds is 3. The summed E-state index contributed by atoms with van der Waals surface area (Å²) in [6.45, 7) is 13.7. The zero-order valence-corrected chi connectivity index (χ0v) is 21.2. The molecule has 0 aliphatic carbocycles. The number of nitriles is 1. The number of nitrogens with zero attached hydrogens (tertiary/aromatic N) is 4. The normalized spacial score (nSPS) is 18.2. The van der Waals surface area contributed by atoms with Crippen molar-refractivity contribution in [1.29, 1.82) is 5.26 Å². The Balaban J connectivity index is 1.82. The van der Waals surface area contributed by atoms with E-state index >= 15 is 0 Å². The summed E-state index contributed by atoms with van der Waals surface area (Å²) in [5, 5.41) is 9.65. The monoisotopic (exact) mass is 450 g/mol. The quantitative estimate of drug-likeness (QED) is 0.413. The third-order valence-corrected chi connectivity index (χ3v) is 8.02. The molecule has 0 saturated heterocycles. The Labute approximate surface area is 203 Å². The maximum Gasteiger partial charge on any atom is 0.160 e. The molecule has 1 aromatic heterocycles. The molecule has 2 aliphatic rings. The number of anilines is 4. The van der Waals surface area contributed by atoms with Crippen LogP contribution in [-0.4, -0.2) is 11.1 Å². The maximum absolute atomic E-state index is 9.65. The van der Waals surface area contributed by atoms with E-state index in [1.807, 2.05) is 6.07 Å². The highest BCUT2D eigenvalue weighted by molar-refractivity contribution is 5.89. The molecular formula is C30H34N4. The van der Waals surface area contributed by atoms with E-state index < -0.39 is 0 Å². The first kappa shape index (κ1) is 22.5. The molecule has 4 heteroatoms. The van der Waals surface area contributed by atoms with Crippen LogP contribution in [0, 0.1) is 23.7 Å². The van der Waals surface area contributed by atoms with Gasteiger partial charge >= 0.3 is 0 Å². The Bertz CT molecular complexity index is 1290. The summed E-state index contributed by atoms with van der Waals surface area (Å²) >= 11 is 0. The number of pyridine rings is 1. The zero-order chi connectivity index (χ0) is 24.3. The first-order valence-corrected chi connectivity index (χ1v) is 12.4. The molecule has 1 atom stereocenters. The minimum atomic E-state index is 0.0410. The third kappa shape index (κ3) is 3.21. The molecular weight excluding hydrogens is 416 g/mol. The van der Waals surface area contributed by atoms with Crippen LogP contribution in [0.1, 0.15) is 69.8 Å². The van der Waals surface area contributed by atoms with Gasteiger partial charge in [0, 0.05) is 16.8 Å². The van der Waals surface area contributed by atoms with Gasteiger partial charge in [-0.1, -0.05) is 65.0 Å². The van der Waals surface area contributed by atoms with E-state index in [1.54, 1.807) is 0 Å². The van der Waals surface area contributed by atoms with Gasteiger partial charge in [0.05, 0.1) is 5.69 Å². The highest BCUT2D eigenvalue weighted by Crippen LogP contribution is 2.58. The largest absolute Gasteiger partial charge is 0.316 e. The van der Waals surface area contributed by atoms with Gasteiger partial charge in [0.15, 0.2) is 5.82 Å². The molecule has 0 saturated carbocycles. The highest BCUT2D eigenvalue weighted by atomic mass is 15.5. The van der Waals surface area contributed by atoms with Gasteiger partial charge in [-0.2, -0.15) is 5.26 Å². The maximum atomic E-state index is 9.65. The first-order chi connectivity index (χ1) is 16.2. The van der Waals surface area contributed by atoms with Crippen LogP contribution < -0.4 is 9.80 Å². The summed E-state index contributed by atoms with van der Waals surface area (Å²) < 4.78 is 0. The highest BCUT2D eigenvalue weighted by Gasteiger charge is 2.53. The predicted molar refractivity (Wildman–Crippen MR) is 140 cm³/mol. The molecule has 0 N–H and O–H groups in total. The van der Waals surface area contributed by atoms with Crippen molar-refractivity contribution in [3.63, 3.8) is 0 Å². The van der Waals surface area contributed by atoms with E-state index in [4.69, 9.17) is 4.98 Å². The van der Waals surface area contributed by atoms with Crippen LogP contribution in [0.25, 0.3) is 0 Å². The molecule has 0 radical (unpaired) electrons. The number of benzene rings is 2. The molecule has 34 heavy (non-hydrogen) atoms. The van der Waals surface area contributed by atoms with Crippen molar-refractivity contribution in [2.45, 2.75) is 72.4 Å². The van der Waals surface area contributed by atoms with Crippen molar-refractivity contribution in [3.05, 3.63) is 77.0 Å². The van der Waals surface area contributed by atoms with E-state index in [9.17, 15) is 5.26 Å². The molecule has 1 unspecified atom stereocenters. The van der Waals surface area contributed by atoms with E-state index in [1.165, 1.54) is 28.1 Å². The second-order valence-electron chi connectivity index (χ2n) is 10.9. The third-order valence-electron chi connectivity index (χ3n) is 8.02. The first-order valence-electron chi connectivity index (χ1n) is 12.4. The van der Waals surface area contributed by atoms with Gasteiger partial charge in [-0.25, -0.2) is 4.98 Å². The van der Waals surface area contributed by atoms with Crippen LogP contribution in [-0.2, 0) is 11.8 Å². The number of hydrogen-bond donors (Lipinski definition) is 0. The zero-order valence-electron chi connectivity index (χ0n) is 21.2. The Morgan fingerprint density at radius 3 is 2.32 bits per heavy atom. The lowest BCUT2D eigenvalue weighted by atomic mass is 9.70. The Morgan fingerprint density at radius 2 is 1.68 bits per heavy atom. The van der Waals surface area contributed by atoms with Gasteiger partial charge in [-0.3, -0.25) is 0 Å². The lowest BCUT2D eigenvalue weighted by molar-refractivity contribution is 0.197. The number of fused-ring (bicyclic) bond motifs is 5. The number of aromatic nitrogens is 1. The summed E-state index contributed by atoms with van der Waals surface area (Å²) in [6, 6.07) is 21.8. The van der Waals surface area contributed by atoms with Crippen molar-refractivity contribution in [3.8, 4) is 6.07 Å². The lowest BCUT2D eigenvalue weighted by Gasteiger charge is -2.51. The smallest absolute Gasteiger partial charge is 0.160 e. The van der Waals surface area contributed by atoms with Crippen molar-refractivity contribution in [1.82, 2.24) is 4.98 Å². The van der Waals surface area contributed by atoms with Crippen molar-refractivity contribution in [2.24, 2.45) is 5.41 Å². The van der Waals surface area contributed by atoms with E-state index in [0.29, 0.717) is 5.69 Å². The van der Waals surface area contributed by atoms with Crippen molar-refractivity contribution in [2.75, 3.05) is 9.80 Å². The molecule has 3 heterocycles. The van der Waals surface area contributed by atoms with Crippen LogP contribution in [0.5, 0.6) is 0 Å². The lowest BCUT2D eigenvalue weighted by Crippen LogP contribution is -2.55. The molecule has 0 spiro atoms. The van der Waals surface area contributed by atoms with Crippen LogP contribution in [0.4, 0.5) is 22.9 Å². The van der Waals surface area contributed by atoms with Gasteiger partial charge in [0.1, 0.15) is 17.9 Å². The Kier molecular flexibility index (Phi) is 5.20. The summed E-state index contributed by atoms with van der Waals surface area (Å²) in [4.78, 5) is 9.81. The second-order valence-corrected chi connectivity index (χ2v) is 10.9. The number of aryl methyl sites for hydroxylation is 1. The average Bonchev–Trinajstić information content (AvgIpc) is 3.18. The molecule has 3 aromatic rings. The number of para-hydroxylation sites is 1. The minimum absolute atomic E-state index is 0.0410. The van der Waals surface area contributed by atoms with Crippen molar-refractivity contribution < 1.29 is 0 Å². The van der Waals surface area contributed by atoms with E-state index in [0.717, 1.165) is 30.8 Å². The SMILES string of the molecule is CCC1(CC)Cc2cc(C(C)(C)C)ccc2N2c3ccc(C#N)nc3N(c3ccccc3C)C21. The fourth-order valence-electron chi connectivity index (χ4n) is 5.88. The fourth-order valence-corrected chi connectivity index (χ4v) is 5.88. The Morgan fingerprint density at radius 1 is 0.971 bits per heavy atom. The van der Waals surface area contributed by atoms with Gasteiger partial charge in [-0.05, 0) is 72.6 Å². The molecule has 0 bridgehead atoms. The molecule has 5 rings (SSSR count). The van der Waals surface area contributed by atoms with Gasteiger partial charge in [-0.15, -0.1) is 0 Å². The molecule has 4 nitrogen and oxygen atoms in total. The van der Waals surface area contributed by atoms with Crippen molar-refractivity contribution >= 4 is 22.9 Å². The van der Waals surface area contributed by atoms with Crippen LogP contribution in [0.2, 0.25) is 0 Å². The number of hydrogen-bond acceptors (Lipinski definition) is 4. The summed E-state index contributed by atoms with van der Waals surface area (Å²) in [6.07, 6.45) is 3.26. The molecule has 2 aliphatic heterocycles. The van der Waals surface area contributed by atoms with Crippen LogP contribution in [0.3, 0.4) is 0 Å². The standard InChI is InChI=1S/C30H34N4/c1-7-30(8-2)18-21-17-22(29(4,5)6)13-15-25(21)33-26-16-14-23(19-31)32-27(26)34(28(30)33)24-12-10-9-11-20(24)3/h9-17,28H,7-8,18H2,1-6H3. The summed E-state index contributed by atoms with van der Waals surface area (Å²) in [7, 11) is 0. The van der Waals surface area contributed by atoms with Crippen LogP contribution >= 0.6 is 0 Å².